The Morgan fingerprint density at radius 2 is 2.55 bits per heavy atom. The van der Waals surface area contributed by atoms with Crippen LogP contribution >= 0.6 is 0 Å². The third kappa shape index (κ3) is 2.26. The van der Waals surface area contributed by atoms with Crippen LogP contribution in [0.5, 0.6) is 0 Å². The van der Waals surface area contributed by atoms with Gasteiger partial charge in [0.15, 0.2) is 0 Å². The maximum atomic E-state index is 10.7. The molecule has 3 heteroatoms. The minimum absolute atomic E-state index is 0.242. The number of methoxy groups -OCH3 is 1. The van der Waals surface area contributed by atoms with Gasteiger partial charge in [-0.2, -0.15) is 0 Å². The van der Waals surface area contributed by atoms with Crippen LogP contribution in [0.25, 0.3) is 0 Å². The van der Waals surface area contributed by atoms with E-state index in [1.54, 1.807) is 0 Å². The first-order chi connectivity index (χ1) is 5.22. The molecule has 1 fully saturated rings. The second-order valence-electron chi connectivity index (χ2n) is 2.60. The molecule has 0 aliphatic carbocycles. The lowest BCUT2D eigenvalue weighted by molar-refractivity contribution is -0.135. The number of rotatable bonds is 1. The number of carbonyl (C=O) groups excluding carboxylic acids is 1. The summed E-state index contributed by atoms with van der Waals surface area (Å²) in [6.45, 7) is 1.98. The molecule has 62 valence electrons. The predicted octanol–water partition coefficient (Wildman–Crippen LogP) is 1.24. The zero-order valence-electron chi connectivity index (χ0n) is 6.79. The number of hydrogen-bond donors (Lipinski definition) is 0. The second-order valence-corrected chi connectivity index (χ2v) is 2.60. The van der Waals surface area contributed by atoms with Crippen molar-refractivity contribution in [2.45, 2.75) is 25.9 Å². The molecule has 0 aromatic heterocycles. The van der Waals surface area contributed by atoms with Gasteiger partial charge in [0.1, 0.15) is 5.76 Å². The van der Waals surface area contributed by atoms with Crippen molar-refractivity contribution in [1.29, 1.82) is 0 Å². The molecule has 1 rings (SSSR count). The first-order valence-electron chi connectivity index (χ1n) is 3.67. The van der Waals surface area contributed by atoms with Crippen LogP contribution in [0.3, 0.4) is 0 Å². The average Bonchev–Trinajstić information content (AvgIpc) is 2.35. The standard InChI is InChI=1S/C8H12O3/c1-6-3-4-7(11-6)5-8(9)10-2/h5-6H,3-4H2,1-2H3/b7-5+. The largest absolute Gasteiger partial charge is 0.495 e. The van der Waals surface area contributed by atoms with Gasteiger partial charge in [0, 0.05) is 6.42 Å². The molecule has 1 atom stereocenters. The van der Waals surface area contributed by atoms with Crippen LogP contribution < -0.4 is 0 Å². The van der Waals surface area contributed by atoms with E-state index in [0.717, 1.165) is 18.6 Å². The molecule has 11 heavy (non-hydrogen) atoms. The summed E-state index contributed by atoms with van der Waals surface area (Å²) in [5.74, 6) is 0.401. The summed E-state index contributed by atoms with van der Waals surface area (Å²) in [7, 11) is 1.36. The third-order valence-electron chi connectivity index (χ3n) is 1.63. The molecule has 0 amide bonds. The molecular formula is C8H12O3. The van der Waals surface area contributed by atoms with Gasteiger partial charge >= 0.3 is 5.97 Å². The van der Waals surface area contributed by atoms with Crippen molar-refractivity contribution < 1.29 is 14.3 Å². The highest BCUT2D eigenvalue weighted by Gasteiger charge is 2.16. The summed E-state index contributed by atoms with van der Waals surface area (Å²) >= 11 is 0. The summed E-state index contributed by atoms with van der Waals surface area (Å²) in [6.07, 6.45) is 3.48. The molecule has 0 saturated carbocycles. The van der Waals surface area contributed by atoms with E-state index in [4.69, 9.17) is 4.74 Å². The molecule has 0 bridgehead atoms. The lowest BCUT2D eigenvalue weighted by Gasteiger charge is -2.01. The Kier molecular flexibility index (Phi) is 2.52. The first-order valence-corrected chi connectivity index (χ1v) is 3.67. The molecule has 1 saturated heterocycles. The van der Waals surface area contributed by atoms with Crippen LogP contribution in [0.1, 0.15) is 19.8 Å². The Morgan fingerprint density at radius 1 is 1.82 bits per heavy atom. The Bertz CT molecular complexity index is 184. The van der Waals surface area contributed by atoms with E-state index in [0.29, 0.717) is 0 Å². The van der Waals surface area contributed by atoms with Crippen molar-refractivity contribution in [3.63, 3.8) is 0 Å². The molecule has 1 aliphatic heterocycles. The highest BCUT2D eigenvalue weighted by atomic mass is 16.5. The van der Waals surface area contributed by atoms with E-state index in [-0.39, 0.29) is 12.1 Å². The molecule has 1 aliphatic rings. The summed E-state index contributed by atoms with van der Waals surface area (Å²) in [5, 5.41) is 0. The molecule has 0 N–H and O–H groups in total. The maximum Gasteiger partial charge on any atom is 0.333 e. The monoisotopic (exact) mass is 156 g/mol. The Morgan fingerprint density at radius 3 is 3.00 bits per heavy atom. The van der Waals surface area contributed by atoms with Gasteiger partial charge in [-0.15, -0.1) is 0 Å². The summed E-state index contributed by atoms with van der Waals surface area (Å²) < 4.78 is 9.75. The first kappa shape index (κ1) is 8.11. The van der Waals surface area contributed by atoms with Crippen LogP contribution in [0.2, 0.25) is 0 Å². The van der Waals surface area contributed by atoms with E-state index in [1.165, 1.54) is 13.2 Å². The zero-order valence-corrected chi connectivity index (χ0v) is 6.79. The topological polar surface area (TPSA) is 35.5 Å². The second kappa shape index (κ2) is 3.42. The normalized spacial score (nSPS) is 26.7. The van der Waals surface area contributed by atoms with E-state index >= 15 is 0 Å². The Labute approximate surface area is 66.0 Å². The van der Waals surface area contributed by atoms with E-state index in [2.05, 4.69) is 4.74 Å². The van der Waals surface area contributed by atoms with Crippen LogP contribution in [0.4, 0.5) is 0 Å². The van der Waals surface area contributed by atoms with Gasteiger partial charge in [0.2, 0.25) is 0 Å². The van der Waals surface area contributed by atoms with Gasteiger partial charge in [0.25, 0.3) is 0 Å². The van der Waals surface area contributed by atoms with Crippen molar-refractivity contribution in [2.75, 3.05) is 7.11 Å². The van der Waals surface area contributed by atoms with Crippen molar-refractivity contribution >= 4 is 5.97 Å². The van der Waals surface area contributed by atoms with Gasteiger partial charge in [-0.1, -0.05) is 0 Å². The van der Waals surface area contributed by atoms with Gasteiger partial charge in [-0.3, -0.25) is 0 Å². The number of carbonyl (C=O) groups is 1. The van der Waals surface area contributed by atoms with Crippen LogP contribution in [0.15, 0.2) is 11.8 Å². The fraction of sp³-hybridized carbons (Fsp3) is 0.625. The molecule has 0 aromatic rings. The van der Waals surface area contributed by atoms with Crippen molar-refractivity contribution in [2.24, 2.45) is 0 Å². The van der Waals surface area contributed by atoms with E-state index < -0.39 is 0 Å². The van der Waals surface area contributed by atoms with Gasteiger partial charge in [0.05, 0.1) is 19.3 Å². The summed E-state index contributed by atoms with van der Waals surface area (Å²) in [6, 6.07) is 0. The molecule has 1 unspecified atom stereocenters. The summed E-state index contributed by atoms with van der Waals surface area (Å²) in [5.41, 5.74) is 0. The minimum Gasteiger partial charge on any atom is -0.495 e. The average molecular weight is 156 g/mol. The number of ether oxygens (including phenoxy) is 2. The quantitative estimate of drug-likeness (QED) is 0.423. The smallest absolute Gasteiger partial charge is 0.333 e. The number of hydrogen-bond acceptors (Lipinski definition) is 3. The molecule has 3 nitrogen and oxygen atoms in total. The molecule has 0 aromatic carbocycles. The lowest BCUT2D eigenvalue weighted by atomic mass is 10.2. The van der Waals surface area contributed by atoms with Crippen molar-refractivity contribution in [1.82, 2.24) is 0 Å². The van der Waals surface area contributed by atoms with Crippen LogP contribution in [-0.2, 0) is 14.3 Å². The third-order valence-corrected chi connectivity index (χ3v) is 1.63. The predicted molar refractivity (Wildman–Crippen MR) is 39.9 cm³/mol. The molecule has 0 radical (unpaired) electrons. The highest BCUT2D eigenvalue weighted by Crippen LogP contribution is 2.21. The summed E-state index contributed by atoms with van der Waals surface area (Å²) in [4.78, 5) is 10.7. The Hall–Kier alpha value is -0.990. The SMILES string of the molecule is COC(=O)/C=C1\CCC(C)O1. The van der Waals surface area contributed by atoms with Crippen LogP contribution in [-0.4, -0.2) is 19.2 Å². The number of esters is 1. The van der Waals surface area contributed by atoms with Gasteiger partial charge in [-0.25, -0.2) is 4.79 Å². The van der Waals surface area contributed by atoms with Crippen molar-refractivity contribution in [3.8, 4) is 0 Å². The van der Waals surface area contributed by atoms with Gasteiger partial charge < -0.3 is 9.47 Å². The molecule has 1 heterocycles. The van der Waals surface area contributed by atoms with Crippen LogP contribution in [0, 0.1) is 0 Å². The fourth-order valence-corrected chi connectivity index (χ4v) is 1.02. The van der Waals surface area contributed by atoms with Gasteiger partial charge in [-0.05, 0) is 13.3 Å². The minimum atomic E-state index is -0.339. The lowest BCUT2D eigenvalue weighted by Crippen LogP contribution is -1.98. The molecular weight excluding hydrogens is 144 g/mol. The number of allylic oxidation sites excluding steroid dienone is 1. The fourth-order valence-electron chi connectivity index (χ4n) is 1.02. The Balaban J connectivity index is 2.48. The highest BCUT2D eigenvalue weighted by molar-refractivity contribution is 5.82. The van der Waals surface area contributed by atoms with Crippen molar-refractivity contribution in [3.05, 3.63) is 11.8 Å². The van der Waals surface area contributed by atoms with E-state index in [9.17, 15) is 4.79 Å². The maximum absolute atomic E-state index is 10.7. The molecule has 0 spiro atoms. The van der Waals surface area contributed by atoms with E-state index in [1.807, 2.05) is 6.92 Å². The zero-order chi connectivity index (χ0) is 8.27.